The van der Waals surface area contributed by atoms with Gasteiger partial charge in [0.15, 0.2) is 0 Å². The molecule has 0 aromatic heterocycles. The van der Waals surface area contributed by atoms with E-state index in [9.17, 15) is 43.9 Å². The predicted octanol–water partition coefficient (Wildman–Crippen LogP) is 4.46. The van der Waals surface area contributed by atoms with Gasteiger partial charge in [0.25, 0.3) is 16.1 Å². The van der Waals surface area contributed by atoms with Crippen LogP contribution in [0.1, 0.15) is 0 Å². The maximum Gasteiger partial charge on any atom is 0.434 e. The van der Waals surface area contributed by atoms with Crippen LogP contribution >= 0.6 is 0 Å². The van der Waals surface area contributed by atoms with Gasteiger partial charge < -0.3 is 9.47 Å². The van der Waals surface area contributed by atoms with Gasteiger partial charge in [-0.15, -0.1) is 0 Å². The van der Waals surface area contributed by atoms with Gasteiger partial charge in [-0.3, -0.25) is 9.62 Å². The van der Waals surface area contributed by atoms with Gasteiger partial charge >= 0.3 is 18.4 Å². The Morgan fingerprint density at radius 3 is 2.21 bits per heavy atom. The largest absolute Gasteiger partial charge is 0.489 e. The van der Waals surface area contributed by atoms with Crippen molar-refractivity contribution >= 4 is 27.5 Å². The molecule has 180 valence electrons. The van der Waals surface area contributed by atoms with Gasteiger partial charge in [0, 0.05) is 5.69 Å². The number of ether oxygens (including phenoxy) is 2. The molecule has 1 aliphatic heterocycles. The highest BCUT2D eigenvalue weighted by atomic mass is 32.2. The molecule has 0 spiro atoms. The second-order valence-electron chi connectivity index (χ2n) is 6.56. The topological polar surface area (TPSA) is 84.9 Å². The maximum absolute atomic E-state index is 13.1. The van der Waals surface area contributed by atoms with E-state index in [0.717, 1.165) is 46.8 Å². The van der Waals surface area contributed by atoms with Crippen LogP contribution in [0.4, 0.5) is 46.9 Å². The molecule has 0 bridgehead atoms. The number of benzene rings is 2. The molecule has 0 saturated heterocycles. The third-order valence-corrected chi connectivity index (χ3v) is 6.07. The third-order valence-electron chi connectivity index (χ3n) is 4.25. The zero-order valence-electron chi connectivity index (χ0n) is 16.1. The van der Waals surface area contributed by atoms with Crippen LogP contribution in [-0.2, 0) is 14.8 Å². The number of alkyl halides is 6. The fraction of sp³-hybridized carbons (Fsp3) is 0.278. The lowest BCUT2D eigenvalue weighted by atomic mass is 10.2. The first-order valence-corrected chi connectivity index (χ1v) is 10.3. The standard InChI is InChI=1S/C18H13F7N2O5S/c19-10-1-4-12(5-2-10)33(29,30)27-7-8-31-14-6-3-11(9-13(14)27)26-16(28)32-15(17(20,21)22)18(23,24)25/h1-6,9,15H,7-8H2,(H,26,28). The summed E-state index contributed by atoms with van der Waals surface area (Å²) in [5.74, 6) is -0.674. The molecule has 0 saturated carbocycles. The Kier molecular flexibility index (Phi) is 6.37. The number of anilines is 2. The lowest BCUT2D eigenvalue weighted by molar-refractivity contribution is -0.306. The van der Waals surface area contributed by atoms with E-state index in [-0.39, 0.29) is 35.2 Å². The van der Waals surface area contributed by atoms with E-state index in [4.69, 9.17) is 4.74 Å². The van der Waals surface area contributed by atoms with Crippen LogP contribution in [0.25, 0.3) is 0 Å². The summed E-state index contributed by atoms with van der Waals surface area (Å²) in [7, 11) is -4.25. The number of carbonyl (C=O) groups excluding carboxylic acids is 1. The van der Waals surface area contributed by atoms with E-state index in [1.807, 2.05) is 0 Å². The Hall–Kier alpha value is -3.23. The number of hydrogen-bond donors (Lipinski definition) is 1. The van der Waals surface area contributed by atoms with Crippen molar-refractivity contribution in [2.24, 2.45) is 0 Å². The average Bonchev–Trinajstić information content (AvgIpc) is 2.70. The minimum absolute atomic E-state index is 0.00862. The van der Waals surface area contributed by atoms with E-state index < -0.39 is 40.4 Å². The zero-order valence-corrected chi connectivity index (χ0v) is 16.9. The van der Waals surface area contributed by atoms with Crippen molar-refractivity contribution in [2.75, 3.05) is 22.8 Å². The fourth-order valence-corrected chi connectivity index (χ4v) is 4.28. The first kappa shape index (κ1) is 24.4. The first-order valence-electron chi connectivity index (χ1n) is 8.86. The van der Waals surface area contributed by atoms with Crippen molar-refractivity contribution in [1.82, 2.24) is 0 Å². The fourth-order valence-electron chi connectivity index (χ4n) is 2.83. The van der Waals surface area contributed by atoms with Crippen LogP contribution in [0.15, 0.2) is 47.4 Å². The summed E-state index contributed by atoms with van der Waals surface area (Å²) in [6.07, 6.45) is -18.2. The summed E-state index contributed by atoms with van der Waals surface area (Å²) in [5, 5.41) is 1.70. The van der Waals surface area contributed by atoms with Crippen LogP contribution < -0.4 is 14.4 Å². The molecule has 1 amide bonds. The summed E-state index contributed by atoms with van der Waals surface area (Å²) < 4.78 is 124. The molecule has 0 radical (unpaired) electrons. The third kappa shape index (κ3) is 5.40. The van der Waals surface area contributed by atoms with E-state index in [1.165, 1.54) is 0 Å². The van der Waals surface area contributed by atoms with E-state index >= 15 is 0 Å². The number of fused-ring (bicyclic) bond motifs is 1. The number of sulfonamides is 1. The Labute approximate surface area is 181 Å². The molecule has 2 aromatic carbocycles. The molecule has 0 fully saturated rings. The molecule has 1 N–H and O–H groups in total. The molecule has 15 heteroatoms. The highest BCUT2D eigenvalue weighted by Gasteiger charge is 2.60. The maximum atomic E-state index is 13.1. The van der Waals surface area contributed by atoms with Gasteiger partial charge in [0.2, 0.25) is 0 Å². The van der Waals surface area contributed by atoms with Gasteiger partial charge in [-0.1, -0.05) is 0 Å². The monoisotopic (exact) mass is 502 g/mol. The number of halogens is 7. The number of amides is 1. The van der Waals surface area contributed by atoms with Gasteiger partial charge in [0.1, 0.15) is 18.2 Å². The first-order chi connectivity index (χ1) is 15.2. The average molecular weight is 502 g/mol. The summed E-state index contributed by atoms with van der Waals surface area (Å²) >= 11 is 0. The van der Waals surface area contributed by atoms with Gasteiger partial charge in [-0.2, -0.15) is 26.3 Å². The second-order valence-corrected chi connectivity index (χ2v) is 8.42. The molecular weight excluding hydrogens is 489 g/mol. The smallest absolute Gasteiger partial charge is 0.434 e. The molecule has 33 heavy (non-hydrogen) atoms. The second kappa shape index (κ2) is 8.61. The molecular formula is C18H13F7N2O5S. The van der Waals surface area contributed by atoms with E-state index in [0.29, 0.717) is 0 Å². The summed E-state index contributed by atoms with van der Waals surface area (Å²) in [6.45, 7) is -0.300. The highest BCUT2D eigenvalue weighted by Crippen LogP contribution is 2.38. The van der Waals surface area contributed by atoms with Crippen LogP contribution in [0.2, 0.25) is 0 Å². The molecule has 0 atom stereocenters. The Bertz CT molecular complexity index is 1120. The van der Waals surface area contributed by atoms with Crippen molar-refractivity contribution in [3.8, 4) is 5.75 Å². The predicted molar refractivity (Wildman–Crippen MR) is 98.9 cm³/mol. The minimum atomic E-state index is -5.90. The number of hydrogen-bond acceptors (Lipinski definition) is 5. The molecule has 0 unspecified atom stereocenters. The van der Waals surface area contributed by atoms with Crippen LogP contribution in [0.5, 0.6) is 5.75 Å². The van der Waals surface area contributed by atoms with Gasteiger partial charge in [-0.25, -0.2) is 17.6 Å². The van der Waals surface area contributed by atoms with Gasteiger partial charge in [0.05, 0.1) is 17.1 Å². The molecule has 0 aliphatic carbocycles. The lowest BCUT2D eigenvalue weighted by Gasteiger charge is -2.31. The van der Waals surface area contributed by atoms with E-state index in [1.54, 1.807) is 5.32 Å². The summed E-state index contributed by atoms with van der Waals surface area (Å²) in [4.78, 5) is 11.4. The molecule has 1 aliphatic rings. The number of rotatable bonds is 4. The Balaban J connectivity index is 1.87. The van der Waals surface area contributed by atoms with Crippen molar-refractivity contribution < 1.29 is 53.4 Å². The molecule has 3 rings (SSSR count). The SMILES string of the molecule is O=C(Nc1ccc2c(c1)N(S(=O)(=O)c1ccc(F)cc1)CCO2)OC(C(F)(F)F)C(F)(F)F. The van der Waals surface area contributed by atoms with Crippen LogP contribution in [-0.4, -0.2) is 46.1 Å². The molecule has 2 aromatic rings. The Morgan fingerprint density at radius 2 is 1.64 bits per heavy atom. The number of nitrogens with zero attached hydrogens (tertiary/aromatic N) is 1. The molecule has 7 nitrogen and oxygen atoms in total. The van der Waals surface area contributed by atoms with Crippen molar-refractivity contribution in [3.63, 3.8) is 0 Å². The molecule has 1 heterocycles. The van der Waals surface area contributed by atoms with Crippen LogP contribution in [0.3, 0.4) is 0 Å². The quantitative estimate of drug-likeness (QED) is 0.625. The number of nitrogens with one attached hydrogen (secondary N) is 1. The zero-order chi connectivity index (χ0) is 24.6. The van der Waals surface area contributed by atoms with Crippen LogP contribution in [0, 0.1) is 5.82 Å². The normalized spacial score (nSPS) is 14.5. The van der Waals surface area contributed by atoms with Crippen molar-refractivity contribution in [1.29, 1.82) is 0 Å². The van der Waals surface area contributed by atoms with E-state index in [2.05, 4.69) is 4.74 Å². The highest BCUT2D eigenvalue weighted by molar-refractivity contribution is 7.92. The van der Waals surface area contributed by atoms with Gasteiger partial charge in [-0.05, 0) is 42.5 Å². The summed E-state index contributed by atoms with van der Waals surface area (Å²) in [6, 6.07) is 7.03. The minimum Gasteiger partial charge on any atom is -0.489 e. The Morgan fingerprint density at radius 1 is 1.03 bits per heavy atom. The van der Waals surface area contributed by atoms with Crippen molar-refractivity contribution in [2.45, 2.75) is 23.4 Å². The van der Waals surface area contributed by atoms with Crippen molar-refractivity contribution in [3.05, 3.63) is 48.3 Å². The summed E-state index contributed by atoms with van der Waals surface area (Å²) in [5.41, 5.74) is -0.529. The lowest BCUT2D eigenvalue weighted by Crippen LogP contribution is -2.46. The number of carbonyl (C=O) groups is 1.